The van der Waals surface area contributed by atoms with Gasteiger partial charge in [0, 0.05) is 5.39 Å². The molecular formula is C16H11ClFN5O. The van der Waals surface area contributed by atoms with Crippen LogP contribution in [0.3, 0.4) is 0 Å². The normalized spacial score (nSPS) is 11.4. The van der Waals surface area contributed by atoms with Crippen LogP contribution in [0.5, 0.6) is 0 Å². The minimum atomic E-state index is -0.512. The summed E-state index contributed by atoms with van der Waals surface area (Å²) >= 11 is 5.78. The molecule has 0 saturated carbocycles. The van der Waals surface area contributed by atoms with Crippen molar-refractivity contribution in [3.63, 3.8) is 0 Å². The molecule has 0 bridgehead atoms. The van der Waals surface area contributed by atoms with Crippen LogP contribution in [0.4, 0.5) is 10.3 Å². The summed E-state index contributed by atoms with van der Waals surface area (Å²) in [4.78, 5) is 16.8. The number of halogens is 2. The van der Waals surface area contributed by atoms with Gasteiger partial charge in [0.05, 0.1) is 17.1 Å². The molecule has 8 heteroatoms. The molecule has 0 amide bonds. The lowest BCUT2D eigenvalue weighted by Crippen LogP contribution is -2.23. The quantitative estimate of drug-likeness (QED) is 0.606. The summed E-state index contributed by atoms with van der Waals surface area (Å²) < 4.78 is 15.8. The number of nitrogen functional groups attached to an aromatic ring is 1. The van der Waals surface area contributed by atoms with E-state index in [-0.39, 0.29) is 17.5 Å². The average molecular weight is 344 g/mol. The van der Waals surface area contributed by atoms with Crippen LogP contribution in [0.25, 0.3) is 16.6 Å². The summed E-state index contributed by atoms with van der Waals surface area (Å²) in [5.41, 5.74) is 7.23. The Labute approximate surface area is 139 Å². The van der Waals surface area contributed by atoms with E-state index in [9.17, 15) is 9.18 Å². The van der Waals surface area contributed by atoms with Crippen LogP contribution in [0, 0.1) is 5.82 Å². The highest BCUT2D eigenvalue weighted by Gasteiger charge is 2.14. The van der Waals surface area contributed by atoms with Crippen LogP contribution >= 0.6 is 11.6 Å². The van der Waals surface area contributed by atoms with Crippen molar-refractivity contribution < 1.29 is 4.39 Å². The number of nitrogens with two attached hydrogens (primary N) is 1. The van der Waals surface area contributed by atoms with E-state index in [1.165, 1.54) is 21.2 Å². The summed E-state index contributed by atoms with van der Waals surface area (Å²) in [6.45, 7) is 0.147. The largest absolute Gasteiger partial charge is 0.369 e. The van der Waals surface area contributed by atoms with E-state index < -0.39 is 11.5 Å². The summed E-state index contributed by atoms with van der Waals surface area (Å²) in [6, 6.07) is 11.6. The number of rotatable bonds is 2. The molecule has 0 aliphatic rings. The molecular weight excluding hydrogens is 333 g/mol. The van der Waals surface area contributed by atoms with E-state index in [0.29, 0.717) is 16.7 Å². The molecule has 2 aromatic heterocycles. The zero-order chi connectivity index (χ0) is 16.8. The second-order valence-corrected chi connectivity index (χ2v) is 5.74. The number of hydrogen-bond acceptors (Lipinski definition) is 4. The maximum absolute atomic E-state index is 13.3. The Morgan fingerprint density at radius 3 is 2.79 bits per heavy atom. The zero-order valence-corrected chi connectivity index (χ0v) is 13.0. The molecule has 2 N–H and O–H groups in total. The molecule has 0 unspecified atom stereocenters. The van der Waals surface area contributed by atoms with Gasteiger partial charge in [-0.15, -0.1) is 5.10 Å². The zero-order valence-electron chi connectivity index (χ0n) is 12.3. The number of aromatic nitrogens is 4. The van der Waals surface area contributed by atoms with Crippen molar-refractivity contribution in [3.05, 3.63) is 69.4 Å². The van der Waals surface area contributed by atoms with E-state index in [1.54, 1.807) is 12.1 Å². The molecule has 0 saturated heterocycles. The first-order valence-electron chi connectivity index (χ1n) is 7.12. The molecule has 4 aromatic rings. The lowest BCUT2D eigenvalue weighted by Gasteiger charge is -2.01. The maximum atomic E-state index is 13.3. The second kappa shape index (κ2) is 5.31. The lowest BCUT2D eigenvalue weighted by atomic mass is 10.2. The highest BCUT2D eigenvalue weighted by molar-refractivity contribution is 6.30. The van der Waals surface area contributed by atoms with Crippen molar-refractivity contribution >= 4 is 34.1 Å². The van der Waals surface area contributed by atoms with Gasteiger partial charge in [-0.1, -0.05) is 29.8 Å². The van der Waals surface area contributed by atoms with E-state index >= 15 is 0 Å². The number of benzene rings is 2. The summed E-state index contributed by atoms with van der Waals surface area (Å²) in [5, 5.41) is 5.08. The van der Waals surface area contributed by atoms with E-state index in [1.807, 2.05) is 18.2 Å². The van der Waals surface area contributed by atoms with Crippen molar-refractivity contribution in [1.29, 1.82) is 0 Å². The van der Waals surface area contributed by atoms with Crippen LogP contribution < -0.4 is 11.4 Å². The van der Waals surface area contributed by atoms with Gasteiger partial charge in [-0.3, -0.25) is 0 Å². The minimum absolute atomic E-state index is 0.00376. The molecule has 24 heavy (non-hydrogen) atoms. The van der Waals surface area contributed by atoms with Gasteiger partial charge in [0.25, 0.3) is 0 Å². The van der Waals surface area contributed by atoms with Crippen molar-refractivity contribution in [2.24, 2.45) is 0 Å². The summed E-state index contributed by atoms with van der Waals surface area (Å²) in [6.07, 6.45) is 0. The number of hydrogen-bond donors (Lipinski definition) is 1. The van der Waals surface area contributed by atoms with E-state index in [2.05, 4.69) is 10.1 Å². The Morgan fingerprint density at radius 2 is 2.00 bits per heavy atom. The fourth-order valence-corrected chi connectivity index (χ4v) is 2.84. The monoisotopic (exact) mass is 343 g/mol. The summed E-state index contributed by atoms with van der Waals surface area (Å²) in [7, 11) is 0. The Hall–Kier alpha value is -2.93. The predicted octanol–water partition coefficient (Wildman–Crippen LogP) is 2.47. The summed E-state index contributed by atoms with van der Waals surface area (Å²) in [5.74, 6) is -0.445. The first kappa shape index (κ1) is 14.6. The third-order valence-corrected chi connectivity index (χ3v) is 4.05. The molecule has 6 nitrogen and oxygen atoms in total. The topological polar surface area (TPSA) is 78.2 Å². The van der Waals surface area contributed by atoms with E-state index in [0.717, 1.165) is 5.39 Å². The van der Waals surface area contributed by atoms with Gasteiger partial charge >= 0.3 is 5.69 Å². The van der Waals surface area contributed by atoms with Gasteiger partial charge in [0.1, 0.15) is 5.82 Å². The molecule has 0 fully saturated rings. The van der Waals surface area contributed by atoms with Crippen LogP contribution in [0.15, 0.2) is 47.3 Å². The minimum Gasteiger partial charge on any atom is -0.369 e. The van der Waals surface area contributed by atoms with Crippen molar-refractivity contribution in [2.45, 2.75) is 6.54 Å². The first-order chi connectivity index (χ1) is 11.5. The van der Waals surface area contributed by atoms with Crippen molar-refractivity contribution in [2.75, 3.05) is 5.73 Å². The molecule has 4 rings (SSSR count). The van der Waals surface area contributed by atoms with Crippen LogP contribution in [-0.2, 0) is 6.54 Å². The van der Waals surface area contributed by atoms with Gasteiger partial charge < -0.3 is 5.73 Å². The Morgan fingerprint density at radius 1 is 1.21 bits per heavy atom. The molecule has 0 radical (unpaired) electrons. The first-order valence-corrected chi connectivity index (χ1v) is 7.50. The number of fused-ring (bicyclic) bond motifs is 3. The molecule has 0 atom stereocenters. The molecule has 0 aliphatic carbocycles. The fourth-order valence-electron chi connectivity index (χ4n) is 2.64. The van der Waals surface area contributed by atoms with Crippen molar-refractivity contribution in [1.82, 2.24) is 19.2 Å². The predicted molar refractivity (Wildman–Crippen MR) is 89.7 cm³/mol. The molecule has 2 aromatic carbocycles. The van der Waals surface area contributed by atoms with Gasteiger partial charge in [0.2, 0.25) is 5.95 Å². The standard InChI is InChI=1S/C16H11ClFN5O/c17-11-7-9(5-6-12(11)18)8-22-16(24)23-14(21-22)10-3-1-2-4-13(10)20-15(23)19/h1-7H,8H2,(H2,19,20). The third kappa shape index (κ3) is 2.21. The third-order valence-electron chi connectivity index (χ3n) is 3.76. The number of nitrogens with zero attached hydrogens (tertiary/aromatic N) is 4. The maximum Gasteiger partial charge on any atom is 0.353 e. The van der Waals surface area contributed by atoms with Gasteiger partial charge in [-0.05, 0) is 29.8 Å². The molecule has 2 heterocycles. The van der Waals surface area contributed by atoms with Crippen LogP contribution in [-0.4, -0.2) is 19.2 Å². The second-order valence-electron chi connectivity index (χ2n) is 5.33. The average Bonchev–Trinajstić information content (AvgIpc) is 2.89. The SMILES string of the molecule is Nc1nc2ccccc2c2nn(Cc3ccc(F)c(Cl)c3)c(=O)n12. The van der Waals surface area contributed by atoms with Gasteiger partial charge in [-0.2, -0.15) is 0 Å². The van der Waals surface area contributed by atoms with E-state index in [4.69, 9.17) is 17.3 Å². The molecule has 0 spiro atoms. The van der Waals surface area contributed by atoms with Crippen LogP contribution in [0.1, 0.15) is 5.56 Å². The van der Waals surface area contributed by atoms with Gasteiger partial charge in [0.15, 0.2) is 5.65 Å². The van der Waals surface area contributed by atoms with Crippen molar-refractivity contribution in [3.8, 4) is 0 Å². The molecule has 120 valence electrons. The highest BCUT2D eigenvalue weighted by Crippen LogP contribution is 2.19. The highest BCUT2D eigenvalue weighted by atomic mass is 35.5. The Balaban J connectivity index is 1.92. The molecule has 0 aliphatic heterocycles. The van der Waals surface area contributed by atoms with Crippen LogP contribution in [0.2, 0.25) is 5.02 Å². The van der Waals surface area contributed by atoms with Gasteiger partial charge in [-0.25, -0.2) is 23.3 Å². The smallest absolute Gasteiger partial charge is 0.353 e. The lowest BCUT2D eigenvalue weighted by molar-refractivity contribution is 0.623. The number of anilines is 1. The Bertz CT molecular complexity index is 1150. The Kier molecular flexibility index (Phi) is 3.24. The fraction of sp³-hybridized carbons (Fsp3) is 0.0625. The number of para-hydroxylation sites is 1.